The van der Waals surface area contributed by atoms with Crippen LogP contribution in [0.25, 0.3) is 0 Å². The summed E-state index contributed by atoms with van der Waals surface area (Å²) in [5, 5.41) is -0.181. The Labute approximate surface area is 79.5 Å². The molecule has 0 bridgehead atoms. The molecule has 1 aliphatic carbocycles. The lowest BCUT2D eigenvalue weighted by Gasteiger charge is -2.16. The molecule has 2 heteroatoms. The van der Waals surface area contributed by atoms with Gasteiger partial charge in [0.2, 0.25) is 5.24 Å². The Kier molecular flexibility index (Phi) is 3.16. The third-order valence-electron chi connectivity index (χ3n) is 2.82. The van der Waals surface area contributed by atoms with Crippen molar-refractivity contribution in [1.29, 1.82) is 0 Å². The van der Waals surface area contributed by atoms with Crippen molar-refractivity contribution in [2.45, 2.75) is 46.0 Å². The van der Waals surface area contributed by atoms with Crippen LogP contribution >= 0.6 is 11.6 Å². The van der Waals surface area contributed by atoms with Crippen molar-refractivity contribution in [2.24, 2.45) is 11.3 Å². The van der Waals surface area contributed by atoms with Crippen LogP contribution in [-0.4, -0.2) is 5.24 Å². The molecule has 1 aliphatic rings. The summed E-state index contributed by atoms with van der Waals surface area (Å²) in [4.78, 5) is 10.5. The number of carbonyl (C=O) groups excluding carboxylic acids is 1. The van der Waals surface area contributed by atoms with Crippen molar-refractivity contribution in [3.05, 3.63) is 0 Å². The highest BCUT2D eigenvalue weighted by Gasteiger charge is 2.30. The Morgan fingerprint density at radius 3 is 2.67 bits per heavy atom. The van der Waals surface area contributed by atoms with Crippen LogP contribution < -0.4 is 0 Å². The van der Waals surface area contributed by atoms with Crippen molar-refractivity contribution in [1.82, 2.24) is 0 Å². The Morgan fingerprint density at radius 2 is 2.25 bits per heavy atom. The SMILES string of the molecule is CC1(C)CCC(CCC(=O)Cl)C1. The standard InChI is InChI=1S/C10H17ClO/c1-10(2)6-5-8(7-10)3-4-9(11)12/h8H,3-7H2,1-2H3. The molecule has 0 amide bonds. The van der Waals surface area contributed by atoms with Crippen molar-refractivity contribution in [2.75, 3.05) is 0 Å². The van der Waals surface area contributed by atoms with Crippen LogP contribution in [0.2, 0.25) is 0 Å². The summed E-state index contributed by atoms with van der Waals surface area (Å²) >= 11 is 5.29. The predicted molar refractivity (Wildman–Crippen MR) is 51.2 cm³/mol. The molecular weight excluding hydrogens is 172 g/mol. The summed E-state index contributed by atoms with van der Waals surface area (Å²) in [5.74, 6) is 0.739. The third-order valence-corrected chi connectivity index (χ3v) is 3.01. The van der Waals surface area contributed by atoms with Crippen molar-refractivity contribution in [3.8, 4) is 0 Å². The predicted octanol–water partition coefficient (Wildman–Crippen LogP) is 3.36. The van der Waals surface area contributed by atoms with Gasteiger partial charge in [0.25, 0.3) is 0 Å². The van der Waals surface area contributed by atoms with Gasteiger partial charge in [0.1, 0.15) is 0 Å². The second-order valence-corrected chi connectivity index (χ2v) is 5.09. The molecule has 1 atom stereocenters. The highest BCUT2D eigenvalue weighted by Crippen LogP contribution is 2.42. The minimum atomic E-state index is -0.181. The molecule has 0 aliphatic heterocycles. The maximum Gasteiger partial charge on any atom is 0.221 e. The van der Waals surface area contributed by atoms with Crippen LogP contribution in [0.15, 0.2) is 0 Å². The molecule has 1 rings (SSSR count). The number of carbonyl (C=O) groups is 1. The van der Waals surface area contributed by atoms with Crippen molar-refractivity contribution >= 4 is 16.8 Å². The van der Waals surface area contributed by atoms with Gasteiger partial charge in [-0.2, -0.15) is 0 Å². The quantitative estimate of drug-likeness (QED) is 0.621. The first-order valence-electron chi connectivity index (χ1n) is 4.68. The van der Waals surface area contributed by atoms with Gasteiger partial charge in [-0.3, -0.25) is 4.79 Å². The summed E-state index contributed by atoms with van der Waals surface area (Å²) < 4.78 is 0. The molecule has 0 aromatic rings. The summed E-state index contributed by atoms with van der Waals surface area (Å²) in [6, 6.07) is 0. The highest BCUT2D eigenvalue weighted by molar-refractivity contribution is 6.63. The normalized spacial score (nSPS) is 27.4. The second kappa shape index (κ2) is 3.78. The minimum absolute atomic E-state index is 0.181. The van der Waals surface area contributed by atoms with Crippen LogP contribution in [0, 0.1) is 11.3 Å². The molecule has 0 aromatic heterocycles. The third kappa shape index (κ3) is 3.14. The topological polar surface area (TPSA) is 17.1 Å². The molecule has 1 fully saturated rings. The maximum atomic E-state index is 10.5. The van der Waals surface area contributed by atoms with E-state index in [-0.39, 0.29) is 5.24 Å². The number of halogens is 1. The van der Waals surface area contributed by atoms with Crippen LogP contribution in [0.1, 0.15) is 46.0 Å². The summed E-state index contributed by atoms with van der Waals surface area (Å²) in [6.45, 7) is 4.60. The molecule has 0 saturated heterocycles. The lowest BCUT2D eigenvalue weighted by molar-refractivity contribution is -0.111. The van der Waals surface area contributed by atoms with Crippen LogP contribution in [0.4, 0.5) is 0 Å². The van der Waals surface area contributed by atoms with Gasteiger partial charge in [-0.25, -0.2) is 0 Å². The Balaban J connectivity index is 2.24. The lowest BCUT2D eigenvalue weighted by atomic mass is 9.90. The summed E-state index contributed by atoms with van der Waals surface area (Å²) in [7, 11) is 0. The fourth-order valence-corrected chi connectivity index (χ4v) is 2.25. The van der Waals surface area contributed by atoms with E-state index in [2.05, 4.69) is 13.8 Å². The summed E-state index contributed by atoms with van der Waals surface area (Å²) in [6.07, 6.45) is 5.39. The fourth-order valence-electron chi connectivity index (χ4n) is 2.14. The maximum absolute atomic E-state index is 10.5. The fraction of sp³-hybridized carbons (Fsp3) is 0.900. The van der Waals surface area contributed by atoms with E-state index in [1.165, 1.54) is 19.3 Å². The lowest BCUT2D eigenvalue weighted by Crippen LogP contribution is -2.05. The molecule has 70 valence electrons. The average molecular weight is 189 g/mol. The van der Waals surface area contributed by atoms with E-state index in [0.29, 0.717) is 11.8 Å². The van der Waals surface area contributed by atoms with Crippen LogP contribution in [-0.2, 0) is 4.79 Å². The largest absolute Gasteiger partial charge is 0.281 e. The zero-order chi connectivity index (χ0) is 9.19. The first-order chi connectivity index (χ1) is 5.49. The van der Waals surface area contributed by atoms with Crippen molar-refractivity contribution < 1.29 is 4.79 Å². The molecule has 0 radical (unpaired) electrons. The molecular formula is C10H17ClO. The Hall–Kier alpha value is -0.0400. The van der Waals surface area contributed by atoms with Gasteiger partial charge in [-0.1, -0.05) is 13.8 Å². The van der Waals surface area contributed by atoms with E-state index < -0.39 is 0 Å². The first-order valence-corrected chi connectivity index (χ1v) is 5.06. The van der Waals surface area contributed by atoms with E-state index in [1.807, 2.05) is 0 Å². The Morgan fingerprint density at radius 1 is 1.58 bits per heavy atom. The van der Waals surface area contributed by atoms with E-state index in [9.17, 15) is 4.79 Å². The molecule has 1 saturated carbocycles. The molecule has 0 N–H and O–H groups in total. The van der Waals surface area contributed by atoms with Crippen LogP contribution in [0.5, 0.6) is 0 Å². The van der Waals surface area contributed by atoms with E-state index >= 15 is 0 Å². The van der Waals surface area contributed by atoms with Gasteiger partial charge in [-0.05, 0) is 48.6 Å². The van der Waals surface area contributed by atoms with E-state index in [1.54, 1.807) is 0 Å². The zero-order valence-corrected chi connectivity index (χ0v) is 8.66. The van der Waals surface area contributed by atoms with Gasteiger partial charge in [0, 0.05) is 6.42 Å². The molecule has 12 heavy (non-hydrogen) atoms. The molecule has 1 nitrogen and oxygen atoms in total. The summed E-state index contributed by atoms with van der Waals surface area (Å²) in [5.41, 5.74) is 0.500. The second-order valence-electron chi connectivity index (χ2n) is 4.67. The molecule has 1 unspecified atom stereocenters. The molecule has 0 heterocycles. The highest BCUT2D eigenvalue weighted by atomic mass is 35.5. The van der Waals surface area contributed by atoms with Crippen LogP contribution in [0.3, 0.4) is 0 Å². The zero-order valence-electron chi connectivity index (χ0n) is 7.90. The van der Waals surface area contributed by atoms with Gasteiger partial charge in [-0.15, -0.1) is 0 Å². The van der Waals surface area contributed by atoms with Gasteiger partial charge in [0.15, 0.2) is 0 Å². The average Bonchev–Trinajstić information content (AvgIpc) is 2.26. The van der Waals surface area contributed by atoms with Crippen molar-refractivity contribution in [3.63, 3.8) is 0 Å². The number of rotatable bonds is 3. The van der Waals surface area contributed by atoms with Gasteiger partial charge >= 0.3 is 0 Å². The number of hydrogen-bond donors (Lipinski definition) is 0. The van der Waals surface area contributed by atoms with E-state index in [4.69, 9.17) is 11.6 Å². The smallest absolute Gasteiger partial charge is 0.221 e. The monoisotopic (exact) mass is 188 g/mol. The van der Waals surface area contributed by atoms with E-state index in [0.717, 1.165) is 12.3 Å². The van der Waals surface area contributed by atoms with Gasteiger partial charge in [0.05, 0.1) is 0 Å². The minimum Gasteiger partial charge on any atom is -0.281 e. The molecule has 0 aromatic carbocycles. The Bertz CT molecular complexity index is 175. The number of hydrogen-bond acceptors (Lipinski definition) is 1. The van der Waals surface area contributed by atoms with Gasteiger partial charge < -0.3 is 0 Å². The first kappa shape index (κ1) is 10.0. The molecule has 0 spiro atoms.